The lowest BCUT2D eigenvalue weighted by Crippen LogP contribution is -2.00. The number of nitrogens with two attached hydrogens (primary N) is 1. The van der Waals surface area contributed by atoms with E-state index in [9.17, 15) is 8.78 Å². The van der Waals surface area contributed by atoms with Crippen molar-refractivity contribution in [2.75, 3.05) is 5.73 Å². The van der Waals surface area contributed by atoms with E-state index in [1.165, 1.54) is 10.9 Å². The fraction of sp³-hybridized carbons (Fsp3) is 0. The molecule has 0 aliphatic carbocycles. The minimum atomic E-state index is -0.600. The van der Waals surface area contributed by atoms with Crippen LogP contribution >= 0.6 is 0 Å². The summed E-state index contributed by atoms with van der Waals surface area (Å²) in [4.78, 5) is 8.01. The molecule has 0 aliphatic rings. The van der Waals surface area contributed by atoms with E-state index in [4.69, 9.17) is 5.73 Å². The van der Waals surface area contributed by atoms with Crippen LogP contribution in [0.3, 0.4) is 0 Å². The van der Waals surface area contributed by atoms with Gasteiger partial charge in [-0.25, -0.2) is 23.4 Å². The Morgan fingerprint density at radius 3 is 2.60 bits per heavy atom. The Labute approximate surface area is 112 Å². The van der Waals surface area contributed by atoms with Crippen molar-refractivity contribution in [3.05, 3.63) is 54.5 Å². The molecule has 3 rings (SSSR count). The van der Waals surface area contributed by atoms with Gasteiger partial charge in [0, 0.05) is 18.0 Å². The predicted octanol–water partition coefficient (Wildman–Crippen LogP) is 2.19. The Morgan fingerprint density at radius 2 is 1.85 bits per heavy atom. The molecule has 0 saturated carbocycles. The van der Waals surface area contributed by atoms with E-state index < -0.39 is 11.6 Å². The number of anilines is 1. The number of nitrogen functional groups attached to an aromatic ring is 1. The number of benzene rings is 1. The first-order valence-electron chi connectivity index (χ1n) is 5.73. The number of hydrogen-bond donors (Lipinski definition) is 1. The third-order valence-electron chi connectivity index (χ3n) is 2.68. The van der Waals surface area contributed by atoms with E-state index in [1.807, 2.05) is 0 Å². The fourth-order valence-electron chi connectivity index (χ4n) is 1.79. The Hall–Kier alpha value is -2.83. The van der Waals surface area contributed by atoms with E-state index in [0.29, 0.717) is 5.95 Å². The van der Waals surface area contributed by atoms with Gasteiger partial charge in [0.25, 0.3) is 5.95 Å². The van der Waals surface area contributed by atoms with Crippen LogP contribution in [-0.2, 0) is 0 Å². The van der Waals surface area contributed by atoms with Crippen LogP contribution in [0.25, 0.3) is 17.2 Å². The number of rotatable bonds is 2. The van der Waals surface area contributed by atoms with E-state index in [0.717, 1.165) is 18.2 Å². The molecule has 20 heavy (non-hydrogen) atoms. The molecular weight excluding hydrogens is 264 g/mol. The molecule has 1 aromatic carbocycles. The van der Waals surface area contributed by atoms with Crippen molar-refractivity contribution in [1.29, 1.82) is 0 Å². The Kier molecular flexibility index (Phi) is 2.86. The van der Waals surface area contributed by atoms with Crippen LogP contribution in [-0.4, -0.2) is 19.7 Å². The average Bonchev–Trinajstić information content (AvgIpc) is 2.84. The maximum absolute atomic E-state index is 13.7. The van der Waals surface area contributed by atoms with Crippen molar-refractivity contribution in [1.82, 2.24) is 19.7 Å². The van der Waals surface area contributed by atoms with Crippen LogP contribution in [0.1, 0.15) is 0 Å². The van der Waals surface area contributed by atoms with Gasteiger partial charge in [0.2, 0.25) is 0 Å². The summed E-state index contributed by atoms with van der Waals surface area (Å²) in [5, 5.41) is 4.11. The molecule has 0 atom stereocenters. The number of hydrogen-bond acceptors (Lipinski definition) is 4. The predicted molar refractivity (Wildman–Crippen MR) is 68.9 cm³/mol. The van der Waals surface area contributed by atoms with Crippen LogP contribution in [0.15, 0.2) is 42.9 Å². The van der Waals surface area contributed by atoms with Crippen molar-refractivity contribution >= 4 is 5.69 Å². The van der Waals surface area contributed by atoms with Crippen molar-refractivity contribution in [3.63, 3.8) is 0 Å². The maximum Gasteiger partial charge on any atom is 0.250 e. The lowest BCUT2D eigenvalue weighted by Gasteiger charge is -2.01. The summed E-state index contributed by atoms with van der Waals surface area (Å²) < 4.78 is 28.3. The third-order valence-corrected chi connectivity index (χ3v) is 2.68. The standard InChI is InChI=1S/C13H9F2N5/c14-8-2-3-10(15)9(6-8)12-11(16)7-20(19-12)13-17-4-1-5-18-13/h1-7H,16H2. The molecule has 2 heterocycles. The van der Waals surface area contributed by atoms with Gasteiger partial charge >= 0.3 is 0 Å². The lowest BCUT2D eigenvalue weighted by atomic mass is 10.1. The molecule has 0 spiro atoms. The zero-order chi connectivity index (χ0) is 14.1. The Balaban J connectivity index is 2.12. The highest BCUT2D eigenvalue weighted by molar-refractivity contribution is 5.72. The second kappa shape index (κ2) is 4.69. The van der Waals surface area contributed by atoms with Crippen molar-refractivity contribution in [2.24, 2.45) is 0 Å². The van der Waals surface area contributed by atoms with Gasteiger partial charge in [-0.2, -0.15) is 5.10 Å². The molecule has 0 amide bonds. The Morgan fingerprint density at radius 1 is 1.10 bits per heavy atom. The first-order valence-corrected chi connectivity index (χ1v) is 5.73. The monoisotopic (exact) mass is 273 g/mol. The molecule has 0 unspecified atom stereocenters. The molecule has 7 heteroatoms. The van der Waals surface area contributed by atoms with Gasteiger partial charge in [-0.1, -0.05) is 0 Å². The smallest absolute Gasteiger partial charge is 0.250 e. The summed E-state index contributed by atoms with van der Waals surface area (Å²) in [5.74, 6) is -0.870. The van der Waals surface area contributed by atoms with Gasteiger partial charge in [0.15, 0.2) is 0 Å². The molecule has 3 aromatic rings. The van der Waals surface area contributed by atoms with E-state index in [2.05, 4.69) is 15.1 Å². The summed E-state index contributed by atoms with van der Waals surface area (Å²) in [6.45, 7) is 0. The van der Waals surface area contributed by atoms with Crippen molar-refractivity contribution in [3.8, 4) is 17.2 Å². The molecule has 0 fully saturated rings. The van der Waals surface area contributed by atoms with Crippen LogP contribution in [0.5, 0.6) is 0 Å². The summed E-state index contributed by atoms with van der Waals surface area (Å²) in [5.41, 5.74) is 6.16. The normalized spacial score (nSPS) is 10.7. The molecule has 0 bridgehead atoms. The van der Waals surface area contributed by atoms with E-state index in [1.54, 1.807) is 18.5 Å². The van der Waals surface area contributed by atoms with E-state index in [-0.39, 0.29) is 16.9 Å². The summed E-state index contributed by atoms with van der Waals surface area (Å²) in [6, 6.07) is 4.77. The van der Waals surface area contributed by atoms with Crippen LogP contribution in [0.4, 0.5) is 14.5 Å². The third kappa shape index (κ3) is 2.09. The van der Waals surface area contributed by atoms with E-state index >= 15 is 0 Å². The topological polar surface area (TPSA) is 69.6 Å². The van der Waals surface area contributed by atoms with Gasteiger partial charge < -0.3 is 5.73 Å². The zero-order valence-electron chi connectivity index (χ0n) is 10.2. The van der Waals surface area contributed by atoms with Gasteiger partial charge in [0.05, 0.1) is 11.9 Å². The molecule has 0 saturated heterocycles. The maximum atomic E-state index is 13.7. The first-order chi connectivity index (χ1) is 9.65. The second-order valence-electron chi connectivity index (χ2n) is 4.05. The minimum Gasteiger partial charge on any atom is -0.396 e. The van der Waals surface area contributed by atoms with Gasteiger partial charge in [-0.15, -0.1) is 0 Å². The Bertz CT molecular complexity index is 755. The number of aromatic nitrogens is 4. The molecule has 2 aromatic heterocycles. The van der Waals surface area contributed by atoms with Gasteiger partial charge in [0.1, 0.15) is 17.3 Å². The molecular formula is C13H9F2N5. The second-order valence-corrected chi connectivity index (χ2v) is 4.05. The number of halogens is 2. The highest BCUT2D eigenvalue weighted by Crippen LogP contribution is 2.27. The van der Waals surface area contributed by atoms with Crippen molar-refractivity contribution < 1.29 is 8.78 Å². The molecule has 5 nitrogen and oxygen atoms in total. The molecule has 100 valence electrons. The highest BCUT2D eigenvalue weighted by atomic mass is 19.1. The fourth-order valence-corrected chi connectivity index (χ4v) is 1.79. The van der Waals surface area contributed by atoms with Gasteiger partial charge in [-0.05, 0) is 24.3 Å². The molecule has 0 radical (unpaired) electrons. The van der Waals surface area contributed by atoms with Crippen LogP contribution in [0, 0.1) is 11.6 Å². The molecule has 2 N–H and O–H groups in total. The highest BCUT2D eigenvalue weighted by Gasteiger charge is 2.15. The van der Waals surface area contributed by atoms with Crippen LogP contribution in [0.2, 0.25) is 0 Å². The SMILES string of the molecule is Nc1cn(-c2ncccn2)nc1-c1cc(F)ccc1F. The summed E-state index contributed by atoms with van der Waals surface area (Å²) in [6.07, 6.45) is 4.54. The lowest BCUT2D eigenvalue weighted by molar-refractivity contribution is 0.602. The zero-order valence-corrected chi connectivity index (χ0v) is 10.2. The molecule has 0 aliphatic heterocycles. The largest absolute Gasteiger partial charge is 0.396 e. The average molecular weight is 273 g/mol. The number of nitrogens with zero attached hydrogens (tertiary/aromatic N) is 4. The van der Waals surface area contributed by atoms with Crippen LogP contribution < -0.4 is 5.73 Å². The van der Waals surface area contributed by atoms with Gasteiger partial charge in [-0.3, -0.25) is 0 Å². The first kappa shape index (κ1) is 12.2. The summed E-state index contributed by atoms with van der Waals surface area (Å²) >= 11 is 0. The quantitative estimate of drug-likeness (QED) is 0.777. The summed E-state index contributed by atoms with van der Waals surface area (Å²) in [7, 11) is 0. The van der Waals surface area contributed by atoms with Crippen molar-refractivity contribution in [2.45, 2.75) is 0 Å². The minimum absolute atomic E-state index is 0.00261.